The van der Waals surface area contributed by atoms with Crippen LogP contribution < -0.4 is 20.3 Å². The maximum atomic E-state index is 13.6. The van der Waals surface area contributed by atoms with Gasteiger partial charge in [-0.2, -0.15) is 13.2 Å². The van der Waals surface area contributed by atoms with Crippen LogP contribution in [0.15, 0.2) is 36.5 Å². The average Bonchev–Trinajstić information content (AvgIpc) is 2.66. The summed E-state index contributed by atoms with van der Waals surface area (Å²) in [6.07, 6.45) is -3.67. The normalized spacial score (nSPS) is 11.7. The second kappa shape index (κ2) is 9.86. The Kier molecular flexibility index (Phi) is 7.74. The molecule has 0 aliphatic rings. The standard InChI is InChI=1S/C19H21ClF3N3O4/c1-18(2,30-13-6-4-12(20)5-7-13)11-29-14-8-9-24-17(16(14)19(21,22)23)26-25-15(27)10-28-3/h4-9H,10-11H2,1-3H3,(H,24,26)(H,25,27). The summed E-state index contributed by atoms with van der Waals surface area (Å²) in [4.78, 5) is 15.1. The zero-order valence-electron chi connectivity index (χ0n) is 16.5. The van der Waals surface area contributed by atoms with Crippen molar-refractivity contribution >= 4 is 23.3 Å². The molecule has 0 bridgehead atoms. The van der Waals surface area contributed by atoms with Gasteiger partial charge in [0.05, 0.1) is 0 Å². The molecule has 1 aromatic heterocycles. The number of hydrazine groups is 1. The van der Waals surface area contributed by atoms with Crippen molar-refractivity contribution in [2.75, 3.05) is 25.7 Å². The number of halogens is 4. The van der Waals surface area contributed by atoms with E-state index in [1.807, 2.05) is 0 Å². The van der Waals surface area contributed by atoms with Crippen molar-refractivity contribution in [3.63, 3.8) is 0 Å². The van der Waals surface area contributed by atoms with Crippen LogP contribution in [-0.4, -0.2) is 36.8 Å². The highest BCUT2D eigenvalue weighted by Crippen LogP contribution is 2.40. The zero-order valence-corrected chi connectivity index (χ0v) is 17.2. The highest BCUT2D eigenvalue weighted by Gasteiger charge is 2.39. The van der Waals surface area contributed by atoms with E-state index in [2.05, 4.69) is 20.6 Å². The summed E-state index contributed by atoms with van der Waals surface area (Å²) in [5.74, 6) is -1.26. The number of carbonyl (C=O) groups is 1. The molecule has 0 aliphatic heterocycles. The summed E-state index contributed by atoms with van der Waals surface area (Å²) in [5.41, 5.74) is 2.11. The van der Waals surface area contributed by atoms with E-state index in [1.165, 1.54) is 7.11 Å². The Morgan fingerprint density at radius 1 is 1.17 bits per heavy atom. The van der Waals surface area contributed by atoms with Crippen LogP contribution in [0.5, 0.6) is 11.5 Å². The quantitative estimate of drug-likeness (QED) is 0.564. The molecule has 0 saturated carbocycles. The van der Waals surface area contributed by atoms with Crippen molar-refractivity contribution in [2.45, 2.75) is 25.6 Å². The lowest BCUT2D eigenvalue weighted by Gasteiger charge is -2.27. The van der Waals surface area contributed by atoms with Crippen LogP contribution >= 0.6 is 11.6 Å². The summed E-state index contributed by atoms with van der Waals surface area (Å²) >= 11 is 5.83. The molecular formula is C19H21ClF3N3O4. The minimum atomic E-state index is -4.79. The average molecular weight is 448 g/mol. The van der Waals surface area contributed by atoms with Crippen LogP contribution in [0.3, 0.4) is 0 Å². The minimum Gasteiger partial charge on any atom is -0.489 e. The van der Waals surface area contributed by atoms with Gasteiger partial charge in [-0.05, 0) is 44.2 Å². The molecular weight excluding hydrogens is 427 g/mol. The first-order valence-electron chi connectivity index (χ1n) is 8.69. The Balaban J connectivity index is 2.16. The Hall–Kier alpha value is -2.72. The molecule has 0 atom stereocenters. The summed E-state index contributed by atoms with van der Waals surface area (Å²) < 4.78 is 56.7. The maximum Gasteiger partial charge on any atom is 0.423 e. The number of anilines is 1. The van der Waals surface area contributed by atoms with E-state index in [-0.39, 0.29) is 13.2 Å². The molecule has 2 N–H and O–H groups in total. The minimum absolute atomic E-state index is 0.196. The first-order chi connectivity index (χ1) is 14.0. The van der Waals surface area contributed by atoms with Gasteiger partial charge in [-0.15, -0.1) is 0 Å². The molecule has 0 aliphatic carbocycles. The molecule has 164 valence electrons. The van der Waals surface area contributed by atoms with Crippen molar-refractivity contribution in [3.05, 3.63) is 47.1 Å². The summed E-state index contributed by atoms with van der Waals surface area (Å²) in [7, 11) is 1.28. The van der Waals surface area contributed by atoms with Crippen LogP contribution in [0.25, 0.3) is 0 Å². The van der Waals surface area contributed by atoms with Crippen LogP contribution in [0.4, 0.5) is 19.0 Å². The number of pyridine rings is 1. The first kappa shape index (κ1) is 23.6. The number of benzene rings is 1. The molecule has 1 heterocycles. The van der Waals surface area contributed by atoms with E-state index in [9.17, 15) is 18.0 Å². The van der Waals surface area contributed by atoms with Crippen LogP contribution in [0.2, 0.25) is 5.02 Å². The SMILES string of the molecule is COCC(=O)NNc1nccc(OCC(C)(C)Oc2ccc(Cl)cc2)c1C(F)(F)F. The smallest absolute Gasteiger partial charge is 0.423 e. The van der Waals surface area contributed by atoms with Crippen molar-refractivity contribution in [1.82, 2.24) is 10.4 Å². The Bertz CT molecular complexity index is 861. The van der Waals surface area contributed by atoms with E-state index >= 15 is 0 Å². The molecule has 30 heavy (non-hydrogen) atoms. The maximum absolute atomic E-state index is 13.6. The summed E-state index contributed by atoms with van der Waals surface area (Å²) in [5, 5.41) is 0.528. The second-order valence-corrected chi connectivity index (χ2v) is 7.18. The number of nitrogens with one attached hydrogen (secondary N) is 2. The van der Waals surface area contributed by atoms with E-state index < -0.39 is 34.8 Å². The predicted molar refractivity (Wildman–Crippen MR) is 105 cm³/mol. The summed E-state index contributed by atoms with van der Waals surface area (Å²) in [6.45, 7) is 2.80. The van der Waals surface area contributed by atoms with Gasteiger partial charge in [-0.3, -0.25) is 15.6 Å². The molecule has 0 unspecified atom stereocenters. The number of hydrogen-bond acceptors (Lipinski definition) is 6. The van der Waals surface area contributed by atoms with Crippen LogP contribution in [-0.2, 0) is 15.7 Å². The first-order valence-corrected chi connectivity index (χ1v) is 9.07. The third kappa shape index (κ3) is 6.96. The molecule has 11 heteroatoms. The number of hydrogen-bond donors (Lipinski definition) is 2. The number of carbonyl (C=O) groups excluding carboxylic acids is 1. The Morgan fingerprint density at radius 2 is 1.83 bits per heavy atom. The lowest BCUT2D eigenvalue weighted by Crippen LogP contribution is -2.36. The molecule has 1 aromatic carbocycles. The highest BCUT2D eigenvalue weighted by molar-refractivity contribution is 6.30. The van der Waals surface area contributed by atoms with Gasteiger partial charge >= 0.3 is 6.18 Å². The van der Waals surface area contributed by atoms with Gasteiger partial charge < -0.3 is 14.2 Å². The summed E-state index contributed by atoms with van der Waals surface area (Å²) in [6, 6.07) is 7.64. The van der Waals surface area contributed by atoms with E-state index in [0.29, 0.717) is 10.8 Å². The van der Waals surface area contributed by atoms with Gasteiger partial charge in [0, 0.05) is 18.3 Å². The molecule has 7 nitrogen and oxygen atoms in total. The van der Waals surface area contributed by atoms with E-state index in [0.717, 1.165) is 12.3 Å². The Labute approximate surface area is 176 Å². The fourth-order valence-electron chi connectivity index (χ4n) is 2.33. The van der Waals surface area contributed by atoms with Crippen LogP contribution in [0, 0.1) is 0 Å². The number of amides is 1. The molecule has 1 amide bonds. The number of alkyl halides is 3. The third-order valence-corrected chi connectivity index (χ3v) is 3.83. The van der Waals surface area contributed by atoms with Gasteiger partial charge in [0.1, 0.15) is 35.9 Å². The fourth-order valence-corrected chi connectivity index (χ4v) is 2.46. The van der Waals surface area contributed by atoms with Gasteiger partial charge in [-0.25, -0.2) is 4.98 Å². The zero-order chi connectivity index (χ0) is 22.4. The molecule has 0 spiro atoms. The monoisotopic (exact) mass is 447 g/mol. The number of nitrogens with zero attached hydrogens (tertiary/aromatic N) is 1. The van der Waals surface area contributed by atoms with Crippen molar-refractivity contribution in [2.24, 2.45) is 0 Å². The van der Waals surface area contributed by atoms with Gasteiger partial charge in [0.2, 0.25) is 0 Å². The molecule has 0 saturated heterocycles. The van der Waals surface area contributed by atoms with Crippen molar-refractivity contribution in [1.29, 1.82) is 0 Å². The van der Waals surface area contributed by atoms with E-state index in [1.54, 1.807) is 38.1 Å². The van der Waals surface area contributed by atoms with E-state index in [4.69, 9.17) is 21.1 Å². The number of ether oxygens (including phenoxy) is 3. The molecule has 0 fully saturated rings. The highest BCUT2D eigenvalue weighted by atomic mass is 35.5. The van der Waals surface area contributed by atoms with Crippen molar-refractivity contribution < 1.29 is 32.2 Å². The lowest BCUT2D eigenvalue weighted by molar-refractivity contribution is -0.139. The van der Waals surface area contributed by atoms with Gasteiger partial charge in [0.15, 0.2) is 5.82 Å². The van der Waals surface area contributed by atoms with Gasteiger partial charge in [0.25, 0.3) is 5.91 Å². The largest absolute Gasteiger partial charge is 0.489 e. The lowest BCUT2D eigenvalue weighted by atomic mass is 10.1. The number of methoxy groups -OCH3 is 1. The van der Waals surface area contributed by atoms with Crippen molar-refractivity contribution in [3.8, 4) is 11.5 Å². The Morgan fingerprint density at radius 3 is 2.43 bits per heavy atom. The second-order valence-electron chi connectivity index (χ2n) is 6.74. The predicted octanol–water partition coefficient (Wildman–Crippen LogP) is 4.08. The topological polar surface area (TPSA) is 81.7 Å². The molecule has 2 aromatic rings. The third-order valence-electron chi connectivity index (χ3n) is 3.58. The van der Waals surface area contributed by atoms with Gasteiger partial charge in [-0.1, -0.05) is 11.6 Å². The molecule has 0 radical (unpaired) electrons. The number of rotatable bonds is 9. The van der Waals surface area contributed by atoms with Crippen LogP contribution in [0.1, 0.15) is 19.4 Å². The molecule has 2 rings (SSSR count). The number of aromatic nitrogens is 1. The fraction of sp³-hybridized carbons (Fsp3) is 0.368.